The number of alkyl halides is 5. The van der Waals surface area contributed by atoms with Crippen LogP contribution in [0.2, 0.25) is 0 Å². The number of rotatable bonds is 4. The highest BCUT2D eigenvalue weighted by Crippen LogP contribution is 2.46. The van der Waals surface area contributed by atoms with Crippen molar-refractivity contribution in [2.75, 3.05) is 14.2 Å². The highest BCUT2D eigenvalue weighted by molar-refractivity contribution is 5.85. The van der Waals surface area contributed by atoms with Crippen molar-refractivity contribution in [2.24, 2.45) is 5.73 Å². The maximum atomic E-state index is 13.2. The number of phenols is 1. The molecule has 0 heterocycles. The van der Waals surface area contributed by atoms with Gasteiger partial charge in [0.1, 0.15) is 6.04 Å². The van der Waals surface area contributed by atoms with E-state index in [9.17, 15) is 27.1 Å². The molecular weight excluding hydrogens is 325 g/mol. The van der Waals surface area contributed by atoms with Gasteiger partial charge in [0.05, 0.1) is 14.2 Å². The number of benzene rings is 1. The smallest absolute Gasteiger partial charge is 0.455 e. The van der Waals surface area contributed by atoms with Crippen LogP contribution in [0, 0.1) is 0 Å². The molecule has 0 aliphatic rings. The van der Waals surface area contributed by atoms with Gasteiger partial charge in [0.15, 0.2) is 11.5 Å². The summed E-state index contributed by atoms with van der Waals surface area (Å²) in [4.78, 5) is 0. The number of ether oxygens (including phenoxy) is 2. The molecule has 1 aromatic rings. The standard InChI is InChI=1S/C11H12F5NO3.ClH/c1-19-6-3-5(4-7(20-2)8(6)18)9(17)10(12,13)11(14,15)16;/h3-4,9,18H,17H2,1-2H3;1H/t9-;/m0./s1. The van der Waals surface area contributed by atoms with Gasteiger partial charge in [0.25, 0.3) is 0 Å². The summed E-state index contributed by atoms with van der Waals surface area (Å²) in [5, 5.41) is 9.56. The Hall–Kier alpha value is -1.48. The molecule has 10 heteroatoms. The number of nitrogens with two attached hydrogens (primary N) is 1. The van der Waals surface area contributed by atoms with Crippen LogP contribution in [0.5, 0.6) is 17.2 Å². The van der Waals surface area contributed by atoms with Crippen LogP contribution < -0.4 is 15.2 Å². The molecule has 0 bridgehead atoms. The first-order valence-corrected chi connectivity index (χ1v) is 5.21. The minimum atomic E-state index is -5.80. The van der Waals surface area contributed by atoms with Crippen LogP contribution in [0.25, 0.3) is 0 Å². The fraction of sp³-hybridized carbons (Fsp3) is 0.455. The average molecular weight is 338 g/mol. The van der Waals surface area contributed by atoms with Crippen LogP contribution in [-0.2, 0) is 0 Å². The van der Waals surface area contributed by atoms with Crippen molar-refractivity contribution in [3.63, 3.8) is 0 Å². The number of halogens is 6. The van der Waals surface area contributed by atoms with Gasteiger partial charge in [-0.2, -0.15) is 22.0 Å². The number of hydrogen-bond acceptors (Lipinski definition) is 4. The molecule has 21 heavy (non-hydrogen) atoms. The zero-order valence-electron chi connectivity index (χ0n) is 10.9. The highest BCUT2D eigenvalue weighted by atomic mass is 35.5. The maximum Gasteiger partial charge on any atom is 0.455 e. The van der Waals surface area contributed by atoms with Gasteiger partial charge in [0.2, 0.25) is 5.75 Å². The molecule has 0 fully saturated rings. The van der Waals surface area contributed by atoms with E-state index in [2.05, 4.69) is 9.47 Å². The van der Waals surface area contributed by atoms with Crippen molar-refractivity contribution in [3.05, 3.63) is 17.7 Å². The van der Waals surface area contributed by atoms with E-state index in [4.69, 9.17) is 5.73 Å². The fourth-order valence-electron chi connectivity index (χ4n) is 1.48. The van der Waals surface area contributed by atoms with Crippen molar-refractivity contribution in [1.82, 2.24) is 0 Å². The summed E-state index contributed by atoms with van der Waals surface area (Å²) in [6.45, 7) is 0. The molecule has 0 aliphatic carbocycles. The normalized spacial score (nSPS) is 13.3. The summed E-state index contributed by atoms with van der Waals surface area (Å²) in [6, 6.07) is -1.07. The minimum Gasteiger partial charge on any atom is -0.502 e. The largest absolute Gasteiger partial charge is 0.502 e. The highest BCUT2D eigenvalue weighted by Gasteiger charge is 2.61. The van der Waals surface area contributed by atoms with Crippen LogP contribution >= 0.6 is 12.4 Å². The molecule has 122 valence electrons. The second-order valence-electron chi connectivity index (χ2n) is 3.87. The Morgan fingerprint density at radius 1 is 1.05 bits per heavy atom. The lowest BCUT2D eigenvalue weighted by molar-refractivity contribution is -0.291. The van der Waals surface area contributed by atoms with E-state index in [-0.39, 0.29) is 23.9 Å². The summed E-state index contributed by atoms with van der Waals surface area (Å²) in [5.41, 5.74) is 4.41. The summed E-state index contributed by atoms with van der Waals surface area (Å²) in [5.74, 6) is -6.32. The van der Waals surface area contributed by atoms with Crippen LogP contribution in [0.1, 0.15) is 11.6 Å². The quantitative estimate of drug-likeness (QED) is 0.829. The summed E-state index contributed by atoms with van der Waals surface area (Å²) < 4.78 is 72.5. The second kappa shape index (κ2) is 6.52. The predicted molar refractivity (Wildman–Crippen MR) is 66.4 cm³/mol. The average Bonchev–Trinajstić information content (AvgIpc) is 2.36. The third kappa shape index (κ3) is 3.59. The van der Waals surface area contributed by atoms with E-state index < -0.39 is 29.5 Å². The van der Waals surface area contributed by atoms with E-state index in [1.54, 1.807) is 0 Å². The molecule has 0 amide bonds. The van der Waals surface area contributed by atoms with Crippen molar-refractivity contribution in [3.8, 4) is 17.2 Å². The van der Waals surface area contributed by atoms with Crippen molar-refractivity contribution in [1.29, 1.82) is 0 Å². The zero-order valence-corrected chi connectivity index (χ0v) is 11.7. The Morgan fingerprint density at radius 2 is 1.43 bits per heavy atom. The monoisotopic (exact) mass is 337 g/mol. The lowest BCUT2D eigenvalue weighted by Gasteiger charge is -2.26. The van der Waals surface area contributed by atoms with Crippen LogP contribution in [0.3, 0.4) is 0 Å². The van der Waals surface area contributed by atoms with E-state index >= 15 is 0 Å². The summed E-state index contributed by atoms with van der Waals surface area (Å²) >= 11 is 0. The molecular formula is C11H13ClF5NO3. The van der Waals surface area contributed by atoms with Crippen LogP contribution in [-0.4, -0.2) is 31.4 Å². The Bertz CT molecular complexity index is 470. The Balaban J connectivity index is 0.00000400. The molecule has 4 nitrogen and oxygen atoms in total. The second-order valence-corrected chi connectivity index (χ2v) is 3.87. The maximum absolute atomic E-state index is 13.2. The molecule has 0 saturated carbocycles. The van der Waals surface area contributed by atoms with E-state index in [1.165, 1.54) is 0 Å². The van der Waals surface area contributed by atoms with E-state index in [0.29, 0.717) is 0 Å². The number of phenolic OH excluding ortho intramolecular Hbond substituents is 1. The van der Waals surface area contributed by atoms with E-state index in [1.807, 2.05) is 0 Å². The molecule has 0 unspecified atom stereocenters. The van der Waals surface area contributed by atoms with Crippen molar-refractivity contribution in [2.45, 2.75) is 18.1 Å². The number of methoxy groups -OCH3 is 2. The van der Waals surface area contributed by atoms with Gasteiger partial charge < -0.3 is 20.3 Å². The Labute approximate surface area is 123 Å². The van der Waals surface area contributed by atoms with Gasteiger partial charge in [-0.05, 0) is 17.7 Å². The SMILES string of the molecule is COc1cc([C@H](N)C(F)(F)C(F)(F)F)cc(OC)c1O.Cl. The van der Waals surface area contributed by atoms with Crippen molar-refractivity contribution >= 4 is 12.4 Å². The molecule has 0 spiro atoms. The van der Waals surface area contributed by atoms with Gasteiger partial charge in [0, 0.05) is 0 Å². The van der Waals surface area contributed by atoms with Gasteiger partial charge in [-0.15, -0.1) is 12.4 Å². The summed E-state index contributed by atoms with van der Waals surface area (Å²) in [6.07, 6.45) is -5.80. The summed E-state index contributed by atoms with van der Waals surface area (Å²) in [7, 11) is 2.21. The van der Waals surface area contributed by atoms with Gasteiger partial charge in [-0.3, -0.25) is 0 Å². The van der Waals surface area contributed by atoms with Crippen LogP contribution in [0.15, 0.2) is 12.1 Å². The first kappa shape index (κ1) is 19.5. The molecule has 0 saturated heterocycles. The molecule has 0 aliphatic heterocycles. The molecule has 1 rings (SSSR count). The van der Waals surface area contributed by atoms with Gasteiger partial charge in [-0.25, -0.2) is 0 Å². The molecule has 1 atom stereocenters. The Kier molecular flexibility index (Phi) is 6.06. The number of aromatic hydroxyl groups is 1. The lowest BCUT2D eigenvalue weighted by Crippen LogP contribution is -2.45. The molecule has 1 aromatic carbocycles. The van der Waals surface area contributed by atoms with Gasteiger partial charge >= 0.3 is 12.1 Å². The molecule has 0 aromatic heterocycles. The van der Waals surface area contributed by atoms with Crippen LogP contribution in [0.4, 0.5) is 22.0 Å². The molecule has 3 N–H and O–H groups in total. The number of hydrogen-bond donors (Lipinski definition) is 2. The Morgan fingerprint density at radius 3 is 1.71 bits per heavy atom. The van der Waals surface area contributed by atoms with E-state index in [0.717, 1.165) is 26.4 Å². The molecule has 0 radical (unpaired) electrons. The lowest BCUT2D eigenvalue weighted by atomic mass is 10.00. The topological polar surface area (TPSA) is 64.7 Å². The first-order chi connectivity index (χ1) is 9.06. The zero-order chi connectivity index (χ0) is 15.7. The third-order valence-corrected chi connectivity index (χ3v) is 2.63. The van der Waals surface area contributed by atoms with Gasteiger partial charge in [-0.1, -0.05) is 0 Å². The fourth-order valence-corrected chi connectivity index (χ4v) is 1.48. The third-order valence-electron chi connectivity index (χ3n) is 2.63. The first-order valence-electron chi connectivity index (χ1n) is 5.21. The minimum absolute atomic E-state index is 0. The van der Waals surface area contributed by atoms with Crippen molar-refractivity contribution < 1.29 is 36.5 Å². The predicted octanol–water partition coefficient (Wildman–Crippen LogP) is 3.03.